The molecule has 3 heterocycles. The van der Waals surface area contributed by atoms with Gasteiger partial charge in [-0.25, -0.2) is 4.52 Å². The van der Waals surface area contributed by atoms with Crippen molar-refractivity contribution in [1.82, 2.24) is 14.6 Å². The van der Waals surface area contributed by atoms with E-state index in [2.05, 4.69) is 10.1 Å². The lowest BCUT2D eigenvalue weighted by molar-refractivity contribution is -0.137. The van der Waals surface area contributed by atoms with Gasteiger partial charge in [-0.05, 0) is 50.1 Å². The number of hydrogen-bond donors (Lipinski definition) is 1. The lowest BCUT2D eigenvalue weighted by Gasteiger charge is -2.07. The predicted octanol–water partition coefficient (Wildman–Crippen LogP) is 6.51. The van der Waals surface area contributed by atoms with Gasteiger partial charge in [0.15, 0.2) is 0 Å². The third-order valence-electron chi connectivity index (χ3n) is 5.46. The summed E-state index contributed by atoms with van der Waals surface area (Å²) in [5, 5.41) is 13.9. The highest BCUT2D eigenvalue weighted by atomic mass is 19.4. The number of aromatic nitrogens is 3. The molecule has 0 aliphatic heterocycles. The maximum absolute atomic E-state index is 12.9. The molecule has 35 heavy (non-hydrogen) atoms. The van der Waals surface area contributed by atoms with Crippen LogP contribution in [0.4, 0.5) is 13.2 Å². The van der Waals surface area contributed by atoms with E-state index in [1.807, 2.05) is 38.1 Å². The fraction of sp³-hybridized carbons (Fsp3) is 0.296. The second kappa shape index (κ2) is 11.3. The van der Waals surface area contributed by atoms with Crippen molar-refractivity contribution in [2.24, 2.45) is 0 Å². The Morgan fingerprint density at radius 2 is 1.80 bits per heavy atom. The molecule has 0 radical (unpaired) electrons. The van der Waals surface area contributed by atoms with Gasteiger partial charge in [0, 0.05) is 30.8 Å². The second-order valence-corrected chi connectivity index (χ2v) is 8.33. The van der Waals surface area contributed by atoms with Crippen molar-refractivity contribution >= 4 is 11.3 Å². The first-order valence-corrected chi connectivity index (χ1v) is 11.3. The van der Waals surface area contributed by atoms with Gasteiger partial charge in [-0.1, -0.05) is 42.8 Å². The lowest BCUT2D eigenvalue weighted by atomic mass is 10.0. The minimum atomic E-state index is -4.36. The first kappa shape index (κ1) is 26.1. The monoisotopic (exact) mass is 483 g/mol. The highest BCUT2D eigenvalue weighted by Crippen LogP contribution is 2.34. The summed E-state index contributed by atoms with van der Waals surface area (Å²) in [4.78, 5) is 15.2. The summed E-state index contributed by atoms with van der Waals surface area (Å²) in [5.41, 5.74) is 3.78. The van der Waals surface area contributed by atoms with Gasteiger partial charge in [-0.2, -0.15) is 18.3 Å². The van der Waals surface area contributed by atoms with Crippen LogP contribution in [0.3, 0.4) is 0 Å². The Labute approximate surface area is 202 Å². The highest BCUT2D eigenvalue weighted by Gasteiger charge is 2.31. The molecule has 1 aromatic carbocycles. The lowest BCUT2D eigenvalue weighted by Crippen LogP contribution is -2.07. The Morgan fingerprint density at radius 1 is 1.09 bits per heavy atom. The first-order chi connectivity index (χ1) is 16.6. The minimum absolute atomic E-state index is 0.0886. The zero-order valence-electron chi connectivity index (χ0n) is 19.9. The van der Waals surface area contributed by atoms with Gasteiger partial charge >= 0.3 is 6.18 Å². The van der Waals surface area contributed by atoms with Crippen molar-refractivity contribution in [3.05, 3.63) is 89.5 Å². The Hall–Kier alpha value is -3.52. The van der Waals surface area contributed by atoms with E-state index in [0.29, 0.717) is 23.3 Å². The van der Waals surface area contributed by atoms with Crippen LogP contribution in [0.2, 0.25) is 0 Å². The fourth-order valence-electron chi connectivity index (χ4n) is 3.69. The van der Waals surface area contributed by atoms with Gasteiger partial charge in [0.1, 0.15) is 11.9 Å². The van der Waals surface area contributed by atoms with Gasteiger partial charge < -0.3 is 5.11 Å². The molecule has 0 aliphatic carbocycles. The Morgan fingerprint density at radius 3 is 2.40 bits per heavy atom. The largest absolute Gasteiger partial charge is 0.416 e. The molecule has 0 aliphatic rings. The summed E-state index contributed by atoms with van der Waals surface area (Å²) in [5.74, 6) is 0.0886. The number of aryl methyl sites for hydroxylation is 2. The summed E-state index contributed by atoms with van der Waals surface area (Å²) in [7, 11) is 0. The summed E-state index contributed by atoms with van der Waals surface area (Å²) >= 11 is 0. The van der Waals surface area contributed by atoms with Crippen LogP contribution < -0.4 is 0 Å². The van der Waals surface area contributed by atoms with Crippen LogP contribution in [0.25, 0.3) is 16.6 Å². The van der Waals surface area contributed by atoms with Crippen LogP contribution in [0.1, 0.15) is 54.8 Å². The number of ketones is 1. The van der Waals surface area contributed by atoms with Gasteiger partial charge in [0.05, 0.1) is 22.5 Å². The van der Waals surface area contributed by atoms with E-state index in [0.717, 1.165) is 35.2 Å². The highest BCUT2D eigenvalue weighted by molar-refractivity contribution is 5.83. The standard InChI is InChI=1S/C16H13F3N2.C11H15NO2/c1-10-3-5-12(6-4-10)15-11(2)20-21-8-7-13(9-14(15)21)16(17,18)19;1-2-5-9(13)8-11(14)10-6-3-4-7-12-10/h3-9H,1-2H3;3-4,6-7,11,14H,2,5,8H2,1H3. The number of benzene rings is 1. The number of carbonyl (C=O) groups is 1. The van der Waals surface area contributed by atoms with Crippen LogP contribution in [0.5, 0.6) is 0 Å². The molecule has 8 heteroatoms. The maximum atomic E-state index is 12.9. The summed E-state index contributed by atoms with van der Waals surface area (Å²) in [6.07, 6.45) is -0.617. The molecular formula is C27H28F3N3O2. The molecule has 5 nitrogen and oxygen atoms in total. The second-order valence-electron chi connectivity index (χ2n) is 8.33. The third kappa shape index (κ3) is 6.76. The molecule has 0 bridgehead atoms. The Bertz CT molecular complexity index is 1270. The number of aliphatic hydroxyl groups excluding tert-OH is 1. The molecule has 0 spiro atoms. The van der Waals surface area contributed by atoms with E-state index in [4.69, 9.17) is 0 Å². The maximum Gasteiger partial charge on any atom is 0.416 e. The molecule has 4 aromatic rings. The van der Waals surface area contributed by atoms with E-state index in [1.165, 1.54) is 10.7 Å². The number of carbonyl (C=O) groups excluding carboxylic acids is 1. The summed E-state index contributed by atoms with van der Waals surface area (Å²) in [6, 6.07) is 15.2. The molecule has 0 saturated heterocycles. The van der Waals surface area contributed by atoms with E-state index in [1.54, 1.807) is 31.3 Å². The number of aliphatic hydroxyl groups is 1. The van der Waals surface area contributed by atoms with Crippen molar-refractivity contribution in [3.63, 3.8) is 0 Å². The molecule has 0 fully saturated rings. The van der Waals surface area contributed by atoms with E-state index in [-0.39, 0.29) is 12.2 Å². The molecule has 1 N–H and O–H groups in total. The number of fused-ring (bicyclic) bond motifs is 1. The van der Waals surface area contributed by atoms with Gasteiger partial charge in [-0.3, -0.25) is 9.78 Å². The molecule has 1 unspecified atom stereocenters. The number of halogens is 3. The van der Waals surface area contributed by atoms with E-state index in [9.17, 15) is 23.1 Å². The van der Waals surface area contributed by atoms with E-state index >= 15 is 0 Å². The van der Waals surface area contributed by atoms with E-state index < -0.39 is 17.8 Å². The quantitative estimate of drug-likeness (QED) is 0.339. The van der Waals surface area contributed by atoms with Gasteiger partial charge in [0.25, 0.3) is 0 Å². The van der Waals surface area contributed by atoms with Crippen LogP contribution in [0, 0.1) is 13.8 Å². The number of pyridine rings is 2. The van der Waals surface area contributed by atoms with Crippen molar-refractivity contribution in [2.75, 3.05) is 0 Å². The fourth-order valence-corrected chi connectivity index (χ4v) is 3.69. The Kier molecular flexibility index (Phi) is 8.40. The third-order valence-corrected chi connectivity index (χ3v) is 5.46. The van der Waals surface area contributed by atoms with Crippen molar-refractivity contribution in [2.45, 2.75) is 52.3 Å². The summed E-state index contributed by atoms with van der Waals surface area (Å²) < 4.78 is 40.1. The Balaban J connectivity index is 0.000000214. The average molecular weight is 484 g/mol. The molecule has 1 atom stereocenters. The first-order valence-electron chi connectivity index (χ1n) is 11.3. The van der Waals surface area contributed by atoms with Gasteiger partial charge in [0.2, 0.25) is 0 Å². The SMILES string of the molecule is CCCC(=O)CC(O)c1ccccn1.Cc1ccc(-c2c(C)nn3ccc(C(F)(F)F)cc23)cc1. The molecule has 0 amide bonds. The molecular weight excluding hydrogens is 455 g/mol. The normalized spacial score (nSPS) is 12.2. The smallest absolute Gasteiger partial charge is 0.386 e. The van der Waals surface area contributed by atoms with Crippen molar-refractivity contribution in [3.8, 4) is 11.1 Å². The van der Waals surface area contributed by atoms with Crippen molar-refractivity contribution in [1.29, 1.82) is 0 Å². The number of Topliss-reactive ketones (excluding diaryl/α,β-unsaturated/α-hetero) is 1. The number of alkyl halides is 3. The molecule has 3 aromatic heterocycles. The van der Waals surface area contributed by atoms with Crippen LogP contribution in [0.15, 0.2) is 67.0 Å². The number of nitrogens with zero attached hydrogens (tertiary/aromatic N) is 3. The zero-order valence-corrected chi connectivity index (χ0v) is 19.9. The zero-order chi connectivity index (χ0) is 25.6. The molecule has 4 rings (SSSR count). The topological polar surface area (TPSA) is 67.5 Å². The van der Waals surface area contributed by atoms with Crippen molar-refractivity contribution < 1.29 is 23.1 Å². The number of rotatable bonds is 6. The minimum Gasteiger partial charge on any atom is -0.386 e. The van der Waals surface area contributed by atoms with Crippen LogP contribution in [-0.4, -0.2) is 25.5 Å². The van der Waals surface area contributed by atoms with Gasteiger partial charge in [-0.15, -0.1) is 0 Å². The van der Waals surface area contributed by atoms with Crippen LogP contribution in [-0.2, 0) is 11.0 Å². The molecule has 0 saturated carbocycles. The average Bonchev–Trinajstić information content (AvgIpc) is 3.15. The predicted molar refractivity (Wildman–Crippen MR) is 129 cm³/mol. The van der Waals surface area contributed by atoms with Crippen LogP contribution >= 0.6 is 0 Å². The molecule has 184 valence electrons. The summed E-state index contributed by atoms with van der Waals surface area (Å²) in [6.45, 7) is 5.72. The number of hydrogen-bond acceptors (Lipinski definition) is 4.